The molecule has 500 valence electrons. The molecule has 0 atom stereocenters. The Balaban J connectivity index is 0.000000149. The van der Waals surface area contributed by atoms with Gasteiger partial charge in [0.15, 0.2) is 11.2 Å². The van der Waals surface area contributed by atoms with Gasteiger partial charge in [-0.1, -0.05) is 218 Å². The largest absolute Gasteiger partial charge is 0.436 e. The maximum Gasteiger partial charge on any atom is 0.227 e. The molecule has 0 aliphatic carbocycles. The Hall–Kier alpha value is -13.6. The number of benzene rings is 16. The SMILES string of the molecule is c1cc(-c2ccc3ccccc3c2)cc(N(c2ccc(-c3nc4ccccc4o3)cc2)c2ccc(-c3nc4ccccc4o3)cc2)c1.c1ccc(-c2ccc3cc(N(c4ccc(-c5ccc6nc(-c7ccccc7)sc6c5)cc4)c4ccc(-c5ccc6nc(-c7ccccc7)sc6c5)cc4)ccc3c2)cc1. The van der Waals surface area contributed by atoms with Crippen LogP contribution in [0.1, 0.15) is 0 Å². The normalized spacial score (nSPS) is 11.4. The highest BCUT2D eigenvalue weighted by Crippen LogP contribution is 2.43. The van der Waals surface area contributed by atoms with Crippen molar-refractivity contribution in [2.24, 2.45) is 0 Å². The second-order valence-corrected chi connectivity index (χ2v) is 28.3. The number of nitrogens with zero attached hydrogens (tertiary/aromatic N) is 6. The molecule has 0 N–H and O–H groups in total. The van der Waals surface area contributed by atoms with Crippen LogP contribution in [0.5, 0.6) is 0 Å². The molecule has 0 bridgehead atoms. The average Bonchev–Trinajstić information content (AvgIpc) is 1.28. The minimum Gasteiger partial charge on any atom is -0.436 e. The molecule has 16 aromatic carbocycles. The summed E-state index contributed by atoms with van der Waals surface area (Å²) in [6.45, 7) is 0. The van der Waals surface area contributed by atoms with Gasteiger partial charge in [0.25, 0.3) is 0 Å². The van der Waals surface area contributed by atoms with Crippen molar-refractivity contribution in [1.29, 1.82) is 0 Å². The number of para-hydroxylation sites is 4. The van der Waals surface area contributed by atoms with Gasteiger partial charge >= 0.3 is 0 Å². The van der Waals surface area contributed by atoms with Gasteiger partial charge in [-0.3, -0.25) is 0 Å². The van der Waals surface area contributed by atoms with Gasteiger partial charge in [-0.15, -0.1) is 22.7 Å². The highest BCUT2D eigenvalue weighted by Gasteiger charge is 2.20. The first-order valence-electron chi connectivity index (χ1n) is 35.3. The van der Waals surface area contributed by atoms with Crippen LogP contribution in [-0.4, -0.2) is 19.9 Å². The molecule has 0 spiro atoms. The summed E-state index contributed by atoms with van der Waals surface area (Å²) in [6, 6.07) is 132. The van der Waals surface area contributed by atoms with E-state index in [4.69, 9.17) is 28.8 Å². The minimum absolute atomic E-state index is 0.602. The fraction of sp³-hybridized carbons (Fsp3) is 0. The molecule has 0 aliphatic rings. The Morgan fingerprint density at radius 1 is 0.198 bits per heavy atom. The summed E-state index contributed by atoms with van der Waals surface area (Å²) >= 11 is 3.48. The summed E-state index contributed by atoms with van der Waals surface area (Å²) < 4.78 is 14.5. The van der Waals surface area contributed by atoms with Crippen LogP contribution in [-0.2, 0) is 0 Å². The molecule has 0 saturated heterocycles. The predicted octanol–water partition coefficient (Wildman–Crippen LogP) is 27.5. The molecule has 20 aromatic rings. The first kappa shape index (κ1) is 63.3. The van der Waals surface area contributed by atoms with Gasteiger partial charge in [-0.05, 0) is 224 Å². The molecule has 106 heavy (non-hydrogen) atoms. The van der Waals surface area contributed by atoms with Gasteiger partial charge < -0.3 is 18.6 Å². The van der Waals surface area contributed by atoms with Crippen molar-refractivity contribution < 1.29 is 8.83 Å². The van der Waals surface area contributed by atoms with E-state index in [1.165, 1.54) is 69.9 Å². The number of aromatic nitrogens is 4. The lowest BCUT2D eigenvalue weighted by atomic mass is 10.00. The van der Waals surface area contributed by atoms with Crippen LogP contribution in [0.2, 0.25) is 0 Å². The predicted molar refractivity (Wildman–Crippen MR) is 442 cm³/mol. The quantitative estimate of drug-likeness (QED) is 0.106. The molecular weight excluding hydrogens is 1330 g/mol. The highest BCUT2D eigenvalue weighted by molar-refractivity contribution is 7.22. The Morgan fingerprint density at radius 3 is 1.03 bits per heavy atom. The van der Waals surface area contributed by atoms with Crippen LogP contribution >= 0.6 is 22.7 Å². The number of oxazole rings is 2. The Bertz CT molecular complexity index is 6230. The van der Waals surface area contributed by atoms with Gasteiger partial charge in [-0.25, -0.2) is 19.9 Å². The molecule has 0 aliphatic heterocycles. The molecule has 10 heteroatoms. The van der Waals surface area contributed by atoms with E-state index in [1.54, 1.807) is 22.7 Å². The molecule has 4 aromatic heterocycles. The lowest BCUT2D eigenvalue weighted by Crippen LogP contribution is -2.10. The summed E-state index contributed by atoms with van der Waals surface area (Å²) in [5.41, 5.74) is 25.2. The van der Waals surface area contributed by atoms with Gasteiger partial charge in [-0.2, -0.15) is 0 Å². The van der Waals surface area contributed by atoms with E-state index in [1.807, 2.05) is 60.7 Å². The molecule has 0 radical (unpaired) electrons. The lowest BCUT2D eigenvalue weighted by Gasteiger charge is -2.26. The molecule has 4 heterocycles. The number of anilines is 6. The molecule has 0 fully saturated rings. The maximum absolute atomic E-state index is 6.06. The lowest BCUT2D eigenvalue weighted by molar-refractivity contribution is 0.619. The smallest absolute Gasteiger partial charge is 0.227 e. The zero-order chi connectivity index (χ0) is 70.3. The van der Waals surface area contributed by atoms with Crippen LogP contribution in [0, 0.1) is 0 Å². The van der Waals surface area contributed by atoms with Crippen molar-refractivity contribution >= 4 is 121 Å². The molecule has 0 unspecified atom stereocenters. The van der Waals surface area contributed by atoms with Gasteiger partial charge in [0.2, 0.25) is 11.8 Å². The first-order valence-corrected chi connectivity index (χ1v) is 36.9. The van der Waals surface area contributed by atoms with E-state index in [9.17, 15) is 0 Å². The van der Waals surface area contributed by atoms with E-state index in [-0.39, 0.29) is 0 Å². The number of rotatable bonds is 14. The highest BCUT2D eigenvalue weighted by atomic mass is 32.1. The second kappa shape index (κ2) is 27.6. The van der Waals surface area contributed by atoms with Crippen molar-refractivity contribution in [3.8, 4) is 88.6 Å². The van der Waals surface area contributed by atoms with Gasteiger partial charge in [0.05, 0.1) is 20.4 Å². The molecule has 0 amide bonds. The summed E-state index contributed by atoms with van der Waals surface area (Å²) in [5.74, 6) is 1.20. The summed E-state index contributed by atoms with van der Waals surface area (Å²) in [5, 5.41) is 6.94. The third kappa shape index (κ3) is 12.7. The summed E-state index contributed by atoms with van der Waals surface area (Å²) in [6.07, 6.45) is 0. The Kier molecular flexibility index (Phi) is 16.5. The fourth-order valence-corrected chi connectivity index (χ4v) is 16.0. The van der Waals surface area contributed by atoms with Crippen LogP contribution in [0.15, 0.2) is 385 Å². The van der Waals surface area contributed by atoms with E-state index in [0.29, 0.717) is 11.8 Å². The van der Waals surface area contributed by atoms with Crippen molar-refractivity contribution in [2.45, 2.75) is 0 Å². The van der Waals surface area contributed by atoms with Crippen LogP contribution < -0.4 is 9.80 Å². The fourth-order valence-electron chi connectivity index (χ4n) is 14.0. The molecule has 20 rings (SSSR count). The standard InChI is InChI=1S/C54H35N3S2.C42H27N3O2/c1-4-10-36(11-5-1)41-16-17-43-33-48(29-22-42(43)32-41)57(46-25-18-37(19-26-46)44-23-30-49-51(34-44)58-53(55-49)39-12-6-2-7-13-39)47-27-20-38(21-28-47)45-24-31-50-52(35-45)59-54(56-50)40-14-8-3-9-15-40;1-2-9-31-26-33(17-16-28(31)8-1)32-10-7-11-36(27-32)45(34-22-18-29(19-23-34)41-43-37-12-3-5-14-39(37)46-41)35-24-20-30(21-25-35)42-44-38-13-4-6-15-40(38)47-42/h1-35H;1-27H. The van der Waals surface area contributed by atoms with Crippen LogP contribution in [0.25, 0.3) is 153 Å². The number of thiazole rings is 2. The number of hydrogen-bond acceptors (Lipinski definition) is 10. The zero-order valence-corrected chi connectivity index (χ0v) is 58.7. The first-order chi connectivity index (χ1) is 52.4. The van der Waals surface area contributed by atoms with Crippen LogP contribution in [0.3, 0.4) is 0 Å². The van der Waals surface area contributed by atoms with Gasteiger partial charge in [0, 0.05) is 56.4 Å². The molecular formula is C96H62N6O2S2. The maximum atomic E-state index is 6.06. The van der Waals surface area contributed by atoms with E-state index >= 15 is 0 Å². The van der Waals surface area contributed by atoms with E-state index in [0.717, 1.165) is 105 Å². The average molecular weight is 1400 g/mol. The van der Waals surface area contributed by atoms with E-state index in [2.05, 4.69) is 325 Å². The second-order valence-electron chi connectivity index (χ2n) is 26.2. The monoisotopic (exact) mass is 1390 g/mol. The summed E-state index contributed by atoms with van der Waals surface area (Å²) in [4.78, 5) is 23.9. The number of hydrogen-bond donors (Lipinski definition) is 0. The third-order valence-electron chi connectivity index (χ3n) is 19.4. The van der Waals surface area contributed by atoms with Crippen molar-refractivity contribution in [3.05, 3.63) is 376 Å². The van der Waals surface area contributed by atoms with Crippen LogP contribution in [0.4, 0.5) is 34.1 Å². The number of fused-ring (bicyclic) bond motifs is 6. The molecule has 0 saturated carbocycles. The third-order valence-corrected chi connectivity index (χ3v) is 21.6. The Morgan fingerprint density at radius 2 is 0.528 bits per heavy atom. The summed E-state index contributed by atoms with van der Waals surface area (Å²) in [7, 11) is 0. The van der Waals surface area contributed by atoms with Crippen molar-refractivity contribution in [1.82, 2.24) is 19.9 Å². The van der Waals surface area contributed by atoms with Crippen molar-refractivity contribution in [2.75, 3.05) is 9.80 Å². The van der Waals surface area contributed by atoms with Crippen molar-refractivity contribution in [3.63, 3.8) is 0 Å². The minimum atomic E-state index is 0.602. The van der Waals surface area contributed by atoms with Gasteiger partial charge in [0.1, 0.15) is 21.0 Å². The Labute approximate surface area is 620 Å². The zero-order valence-electron chi connectivity index (χ0n) is 57.1. The van der Waals surface area contributed by atoms with E-state index < -0.39 is 0 Å². The topological polar surface area (TPSA) is 84.3 Å². The molecule has 8 nitrogen and oxygen atoms in total.